The molecular formula is C20H17BrN2O7S. The minimum Gasteiger partial charge on any atom is -0.503 e. The second-order valence-electron chi connectivity index (χ2n) is 5.94. The number of rotatable bonds is 8. The van der Waals surface area contributed by atoms with Crippen molar-refractivity contribution >= 4 is 39.7 Å². The Bertz CT molecular complexity index is 1120. The van der Waals surface area contributed by atoms with E-state index in [1.54, 1.807) is 24.3 Å². The van der Waals surface area contributed by atoms with E-state index >= 15 is 0 Å². The Hall–Kier alpha value is -3.18. The third-order valence-electron chi connectivity index (χ3n) is 3.98. The number of phenols is 1. The Kier molecular flexibility index (Phi) is 7.08. The lowest BCUT2D eigenvalue weighted by atomic mass is 10.2. The number of halogens is 1. The van der Waals surface area contributed by atoms with Gasteiger partial charge in [-0.15, -0.1) is 10.2 Å². The number of methoxy groups -OCH3 is 3. The van der Waals surface area contributed by atoms with Gasteiger partial charge >= 0.3 is 5.97 Å². The molecule has 0 bridgehead atoms. The van der Waals surface area contributed by atoms with Crippen molar-refractivity contribution in [3.05, 3.63) is 45.3 Å². The number of aliphatic carboxylic acids is 1. The van der Waals surface area contributed by atoms with Gasteiger partial charge in [-0.25, -0.2) is 4.79 Å². The summed E-state index contributed by atoms with van der Waals surface area (Å²) in [6, 6.07) is 8.15. The molecule has 11 heteroatoms. The smallest absolute Gasteiger partial charge is 0.342 e. The van der Waals surface area contributed by atoms with Crippen LogP contribution in [0.5, 0.6) is 23.0 Å². The summed E-state index contributed by atoms with van der Waals surface area (Å²) < 4.78 is 21.5. The van der Waals surface area contributed by atoms with Crippen molar-refractivity contribution in [3.8, 4) is 34.5 Å². The Morgan fingerprint density at radius 1 is 1.06 bits per heavy atom. The highest BCUT2D eigenvalue weighted by molar-refractivity contribution is 9.10. The number of hydrogen-bond donors (Lipinski definition) is 2. The maximum atomic E-state index is 11.8. The fourth-order valence-corrected chi connectivity index (χ4v) is 3.64. The van der Waals surface area contributed by atoms with Gasteiger partial charge in [0, 0.05) is 11.6 Å². The molecule has 0 spiro atoms. The summed E-state index contributed by atoms with van der Waals surface area (Å²) in [5, 5.41) is 27.5. The number of ether oxygens (including phenoxy) is 3. The van der Waals surface area contributed by atoms with E-state index in [0.29, 0.717) is 27.1 Å². The van der Waals surface area contributed by atoms with Crippen molar-refractivity contribution in [1.29, 1.82) is 0 Å². The first-order valence-electron chi connectivity index (χ1n) is 8.61. The molecule has 0 saturated carbocycles. The largest absolute Gasteiger partial charge is 0.503 e. The van der Waals surface area contributed by atoms with E-state index in [0.717, 1.165) is 11.8 Å². The van der Waals surface area contributed by atoms with Crippen LogP contribution in [0.1, 0.15) is 5.56 Å². The maximum Gasteiger partial charge on any atom is 0.342 e. The van der Waals surface area contributed by atoms with Crippen molar-refractivity contribution in [2.24, 2.45) is 0 Å². The van der Waals surface area contributed by atoms with Crippen LogP contribution in [-0.2, 0) is 4.79 Å². The first kappa shape index (κ1) is 22.5. The van der Waals surface area contributed by atoms with Crippen LogP contribution in [0.15, 0.2) is 49.3 Å². The van der Waals surface area contributed by atoms with Gasteiger partial charge in [0.2, 0.25) is 5.89 Å². The van der Waals surface area contributed by atoms with E-state index in [2.05, 4.69) is 26.1 Å². The Labute approximate surface area is 189 Å². The average molecular weight is 509 g/mol. The van der Waals surface area contributed by atoms with Gasteiger partial charge in [-0.1, -0.05) is 0 Å². The number of phenolic OH excluding ortho intramolecular Hbond substituents is 1. The molecule has 0 atom stereocenters. The first-order chi connectivity index (χ1) is 14.8. The number of aromatic nitrogens is 2. The van der Waals surface area contributed by atoms with E-state index in [4.69, 9.17) is 18.6 Å². The lowest BCUT2D eigenvalue weighted by molar-refractivity contribution is -0.131. The Morgan fingerprint density at radius 2 is 1.74 bits per heavy atom. The minimum absolute atomic E-state index is 0.0373. The molecule has 0 saturated heterocycles. The van der Waals surface area contributed by atoms with E-state index in [9.17, 15) is 15.0 Å². The standard InChI is InChI=1S/C20H17BrN2O7S/c1-27-12-7-11(8-13(9-12)28-2)18-22-23-20(30-18)31-16(19(25)26)6-10-4-14(21)17(24)15(5-10)29-3/h4-9,24H,1-3H3,(H,25,26)/b16-6-. The van der Waals surface area contributed by atoms with E-state index < -0.39 is 5.97 Å². The quantitative estimate of drug-likeness (QED) is 0.333. The second kappa shape index (κ2) is 9.75. The molecule has 3 rings (SSSR count). The molecule has 3 aromatic rings. The molecule has 0 aliphatic heterocycles. The van der Waals surface area contributed by atoms with Crippen LogP contribution >= 0.6 is 27.7 Å². The zero-order valence-corrected chi connectivity index (χ0v) is 19.0. The molecule has 1 aromatic heterocycles. The van der Waals surface area contributed by atoms with Gasteiger partial charge < -0.3 is 28.8 Å². The highest BCUT2D eigenvalue weighted by Gasteiger charge is 2.18. The molecule has 31 heavy (non-hydrogen) atoms. The highest BCUT2D eigenvalue weighted by atomic mass is 79.9. The molecule has 2 N–H and O–H groups in total. The lowest BCUT2D eigenvalue weighted by Crippen LogP contribution is -1.97. The van der Waals surface area contributed by atoms with Crippen LogP contribution in [0.25, 0.3) is 17.5 Å². The SMILES string of the molecule is COc1cc(OC)cc(-c2nnc(S/C(=C\c3cc(Br)c(O)c(OC)c3)C(=O)O)o2)c1. The monoisotopic (exact) mass is 508 g/mol. The number of thioether (sulfide) groups is 1. The third-order valence-corrected chi connectivity index (χ3v) is 5.44. The first-order valence-corrected chi connectivity index (χ1v) is 10.2. The van der Waals surface area contributed by atoms with Gasteiger partial charge in [0.15, 0.2) is 11.5 Å². The molecule has 2 aromatic carbocycles. The van der Waals surface area contributed by atoms with Crippen LogP contribution in [0, 0.1) is 0 Å². The van der Waals surface area contributed by atoms with Gasteiger partial charge in [-0.3, -0.25) is 0 Å². The fraction of sp³-hybridized carbons (Fsp3) is 0.150. The Balaban J connectivity index is 1.91. The molecule has 9 nitrogen and oxygen atoms in total. The van der Waals surface area contributed by atoms with Crippen LogP contribution in [-0.4, -0.2) is 47.7 Å². The second-order valence-corrected chi connectivity index (χ2v) is 7.79. The van der Waals surface area contributed by atoms with Crippen LogP contribution < -0.4 is 14.2 Å². The number of aromatic hydroxyl groups is 1. The van der Waals surface area contributed by atoms with Gasteiger partial charge in [-0.05, 0) is 63.6 Å². The number of carbonyl (C=O) groups is 1. The van der Waals surface area contributed by atoms with E-state index in [1.165, 1.54) is 33.5 Å². The molecule has 0 amide bonds. The minimum atomic E-state index is -1.18. The van der Waals surface area contributed by atoms with Gasteiger partial charge in [0.05, 0.1) is 25.8 Å². The fourth-order valence-electron chi connectivity index (χ4n) is 2.51. The summed E-state index contributed by atoms with van der Waals surface area (Å²) in [6.45, 7) is 0. The average Bonchev–Trinajstić information content (AvgIpc) is 3.23. The molecule has 0 radical (unpaired) electrons. The molecule has 1 heterocycles. The molecule has 162 valence electrons. The van der Waals surface area contributed by atoms with Crippen LogP contribution in [0.2, 0.25) is 0 Å². The van der Waals surface area contributed by atoms with E-state index in [1.807, 2.05) is 0 Å². The number of carboxylic acid groups (broad SMARTS) is 1. The summed E-state index contributed by atoms with van der Waals surface area (Å²) in [5.74, 6) is 0.191. The predicted octanol–water partition coefficient (Wildman–Crippen LogP) is 4.45. The van der Waals surface area contributed by atoms with Crippen molar-refractivity contribution in [2.75, 3.05) is 21.3 Å². The number of nitrogens with zero attached hydrogens (tertiary/aromatic N) is 2. The zero-order chi connectivity index (χ0) is 22.5. The molecule has 0 unspecified atom stereocenters. The van der Waals surface area contributed by atoms with Crippen molar-refractivity contribution < 1.29 is 33.6 Å². The third kappa shape index (κ3) is 5.30. The van der Waals surface area contributed by atoms with Gasteiger partial charge in [0.25, 0.3) is 5.22 Å². The summed E-state index contributed by atoms with van der Waals surface area (Å²) in [6.07, 6.45) is 1.40. The molecular weight excluding hydrogens is 492 g/mol. The molecule has 0 aliphatic carbocycles. The topological polar surface area (TPSA) is 124 Å². The normalized spacial score (nSPS) is 11.3. The van der Waals surface area contributed by atoms with Crippen LogP contribution in [0.4, 0.5) is 0 Å². The van der Waals surface area contributed by atoms with E-state index in [-0.39, 0.29) is 27.5 Å². The lowest BCUT2D eigenvalue weighted by Gasteiger charge is -2.07. The molecule has 0 fully saturated rings. The number of carboxylic acids is 1. The number of hydrogen-bond acceptors (Lipinski definition) is 9. The maximum absolute atomic E-state index is 11.8. The summed E-state index contributed by atoms with van der Waals surface area (Å²) in [5.41, 5.74) is 1.05. The predicted molar refractivity (Wildman–Crippen MR) is 117 cm³/mol. The molecule has 0 aliphatic rings. The van der Waals surface area contributed by atoms with Gasteiger partial charge in [0.1, 0.15) is 16.4 Å². The summed E-state index contributed by atoms with van der Waals surface area (Å²) in [4.78, 5) is 11.7. The van der Waals surface area contributed by atoms with Crippen molar-refractivity contribution in [1.82, 2.24) is 10.2 Å². The van der Waals surface area contributed by atoms with Crippen LogP contribution in [0.3, 0.4) is 0 Å². The van der Waals surface area contributed by atoms with Crippen molar-refractivity contribution in [2.45, 2.75) is 5.22 Å². The van der Waals surface area contributed by atoms with Gasteiger partial charge in [-0.2, -0.15) is 0 Å². The summed E-state index contributed by atoms with van der Waals surface area (Å²) >= 11 is 4.00. The zero-order valence-electron chi connectivity index (χ0n) is 16.6. The Morgan fingerprint density at radius 3 is 2.32 bits per heavy atom. The highest BCUT2D eigenvalue weighted by Crippen LogP contribution is 2.37. The summed E-state index contributed by atoms with van der Waals surface area (Å²) in [7, 11) is 4.44. The number of benzene rings is 2. The van der Waals surface area contributed by atoms with Crippen molar-refractivity contribution in [3.63, 3.8) is 0 Å².